The van der Waals surface area contributed by atoms with E-state index in [1.807, 2.05) is 29.6 Å². The first-order valence-corrected chi connectivity index (χ1v) is 9.89. The molecule has 0 radical (unpaired) electrons. The molecule has 0 atom stereocenters. The number of aromatic nitrogens is 2. The molecule has 4 rings (SSSR count). The van der Waals surface area contributed by atoms with E-state index in [0.717, 1.165) is 27.7 Å². The van der Waals surface area contributed by atoms with Gasteiger partial charge in [-0.1, -0.05) is 40.2 Å². The van der Waals surface area contributed by atoms with E-state index in [9.17, 15) is 18.0 Å². The molecule has 0 aliphatic carbocycles. The standard InChI is InChI=1S/C20H12BrF3N2OS/c21-15-6-4-13(5-7-15)16-10-28-18-17(16)25-11-26(19(18)27)9-12-2-1-3-14(8-12)20(22,23)24/h1-8,10-11H,9H2. The summed E-state index contributed by atoms with van der Waals surface area (Å²) in [5.41, 5.74) is 1.78. The minimum Gasteiger partial charge on any atom is -0.294 e. The fourth-order valence-corrected chi connectivity index (χ4v) is 4.17. The summed E-state index contributed by atoms with van der Waals surface area (Å²) >= 11 is 4.68. The zero-order chi connectivity index (χ0) is 19.9. The molecule has 2 aromatic carbocycles. The van der Waals surface area contributed by atoms with Crippen LogP contribution in [0.5, 0.6) is 0 Å². The maximum atomic E-state index is 12.9. The number of fused-ring (bicyclic) bond motifs is 1. The fraction of sp³-hybridized carbons (Fsp3) is 0.100. The van der Waals surface area contributed by atoms with Crippen LogP contribution in [0, 0.1) is 0 Å². The summed E-state index contributed by atoms with van der Waals surface area (Å²) < 4.78 is 41.5. The maximum absolute atomic E-state index is 12.9. The predicted molar refractivity (Wildman–Crippen MR) is 108 cm³/mol. The van der Waals surface area contributed by atoms with Crippen molar-refractivity contribution in [3.63, 3.8) is 0 Å². The molecule has 2 heterocycles. The van der Waals surface area contributed by atoms with Gasteiger partial charge in [0.25, 0.3) is 5.56 Å². The molecule has 0 N–H and O–H groups in total. The summed E-state index contributed by atoms with van der Waals surface area (Å²) in [5, 5.41) is 1.87. The molecule has 8 heteroatoms. The normalized spacial score (nSPS) is 11.9. The lowest BCUT2D eigenvalue weighted by Gasteiger charge is -2.10. The summed E-state index contributed by atoms with van der Waals surface area (Å²) in [5.74, 6) is 0. The van der Waals surface area contributed by atoms with E-state index < -0.39 is 11.7 Å². The van der Waals surface area contributed by atoms with Crippen molar-refractivity contribution in [3.05, 3.63) is 86.2 Å². The summed E-state index contributed by atoms with van der Waals surface area (Å²) in [4.78, 5) is 17.2. The van der Waals surface area contributed by atoms with Gasteiger partial charge in [-0.2, -0.15) is 13.2 Å². The van der Waals surface area contributed by atoms with Crippen LogP contribution in [0.25, 0.3) is 21.3 Å². The van der Waals surface area contributed by atoms with Crippen LogP contribution in [0.2, 0.25) is 0 Å². The van der Waals surface area contributed by atoms with Gasteiger partial charge in [-0.15, -0.1) is 11.3 Å². The lowest BCUT2D eigenvalue weighted by molar-refractivity contribution is -0.137. The highest BCUT2D eigenvalue weighted by Crippen LogP contribution is 2.32. The van der Waals surface area contributed by atoms with Gasteiger partial charge in [-0.3, -0.25) is 9.36 Å². The van der Waals surface area contributed by atoms with E-state index in [1.165, 1.54) is 28.3 Å². The van der Waals surface area contributed by atoms with Crippen LogP contribution < -0.4 is 5.56 Å². The minimum atomic E-state index is -4.42. The Morgan fingerprint density at radius 1 is 1.11 bits per heavy atom. The van der Waals surface area contributed by atoms with Gasteiger partial charge in [-0.05, 0) is 35.4 Å². The second kappa shape index (κ2) is 7.18. The second-order valence-corrected chi connectivity index (χ2v) is 8.01. The van der Waals surface area contributed by atoms with Crippen molar-refractivity contribution < 1.29 is 13.2 Å². The smallest absolute Gasteiger partial charge is 0.294 e. The Labute approximate surface area is 170 Å². The Kier molecular flexibility index (Phi) is 4.84. The monoisotopic (exact) mass is 464 g/mol. The molecular formula is C20H12BrF3N2OS. The van der Waals surface area contributed by atoms with Crippen LogP contribution in [0.4, 0.5) is 13.2 Å². The highest BCUT2D eigenvalue weighted by atomic mass is 79.9. The van der Waals surface area contributed by atoms with Crippen LogP contribution in [-0.2, 0) is 12.7 Å². The Morgan fingerprint density at radius 2 is 1.86 bits per heavy atom. The Morgan fingerprint density at radius 3 is 2.57 bits per heavy atom. The van der Waals surface area contributed by atoms with Crippen LogP contribution in [-0.4, -0.2) is 9.55 Å². The maximum Gasteiger partial charge on any atom is 0.416 e. The second-order valence-electron chi connectivity index (χ2n) is 6.21. The zero-order valence-electron chi connectivity index (χ0n) is 14.2. The summed E-state index contributed by atoms with van der Waals surface area (Å²) in [6, 6.07) is 12.7. The average molecular weight is 465 g/mol. The molecule has 0 aliphatic heterocycles. The largest absolute Gasteiger partial charge is 0.416 e. The van der Waals surface area contributed by atoms with Gasteiger partial charge < -0.3 is 0 Å². The number of benzene rings is 2. The number of halogens is 4. The molecule has 3 nitrogen and oxygen atoms in total. The van der Waals surface area contributed by atoms with E-state index in [1.54, 1.807) is 6.07 Å². The first-order valence-electron chi connectivity index (χ1n) is 8.21. The van der Waals surface area contributed by atoms with Gasteiger partial charge in [0.2, 0.25) is 0 Å². The Balaban J connectivity index is 1.72. The molecule has 4 aromatic rings. The quantitative estimate of drug-likeness (QED) is 0.375. The molecule has 28 heavy (non-hydrogen) atoms. The van der Waals surface area contributed by atoms with Crippen LogP contribution in [0.3, 0.4) is 0 Å². The van der Waals surface area contributed by atoms with E-state index in [-0.39, 0.29) is 12.1 Å². The molecule has 0 spiro atoms. The van der Waals surface area contributed by atoms with Crippen molar-refractivity contribution in [3.8, 4) is 11.1 Å². The molecule has 2 aromatic heterocycles. The molecule has 0 bridgehead atoms. The molecular weight excluding hydrogens is 453 g/mol. The van der Waals surface area contributed by atoms with Gasteiger partial charge in [0.05, 0.1) is 24.0 Å². The minimum absolute atomic E-state index is 0.0250. The number of rotatable bonds is 3. The predicted octanol–water partition coefficient (Wildman–Crippen LogP) is 5.95. The van der Waals surface area contributed by atoms with Gasteiger partial charge in [-0.25, -0.2) is 4.98 Å². The van der Waals surface area contributed by atoms with E-state index in [4.69, 9.17) is 0 Å². The van der Waals surface area contributed by atoms with Gasteiger partial charge >= 0.3 is 6.18 Å². The first kappa shape index (κ1) is 18.9. The third kappa shape index (κ3) is 3.62. The molecule has 0 saturated carbocycles. The van der Waals surface area contributed by atoms with E-state index in [2.05, 4.69) is 20.9 Å². The van der Waals surface area contributed by atoms with Gasteiger partial charge in [0.15, 0.2) is 0 Å². The van der Waals surface area contributed by atoms with Crippen LogP contribution >= 0.6 is 27.3 Å². The lowest BCUT2D eigenvalue weighted by atomic mass is 10.1. The third-order valence-corrected chi connectivity index (χ3v) is 5.79. The molecule has 0 amide bonds. The number of hydrogen-bond donors (Lipinski definition) is 0. The number of thiophene rings is 1. The summed E-state index contributed by atoms with van der Waals surface area (Å²) in [7, 11) is 0. The number of nitrogens with zero attached hydrogens (tertiary/aromatic N) is 2. The fourth-order valence-electron chi connectivity index (χ4n) is 2.93. The van der Waals surface area contributed by atoms with Crippen molar-refractivity contribution in [1.29, 1.82) is 0 Å². The van der Waals surface area contributed by atoms with Crippen molar-refractivity contribution in [2.45, 2.75) is 12.7 Å². The molecule has 142 valence electrons. The average Bonchev–Trinajstić information content (AvgIpc) is 3.09. The molecule has 0 unspecified atom stereocenters. The highest BCUT2D eigenvalue weighted by Gasteiger charge is 2.30. The Hall–Kier alpha value is -2.45. The van der Waals surface area contributed by atoms with E-state index >= 15 is 0 Å². The zero-order valence-corrected chi connectivity index (χ0v) is 16.6. The number of alkyl halides is 3. The molecule has 0 fully saturated rings. The lowest BCUT2D eigenvalue weighted by Crippen LogP contribution is -2.20. The topological polar surface area (TPSA) is 34.9 Å². The van der Waals surface area contributed by atoms with Gasteiger partial charge in [0.1, 0.15) is 4.70 Å². The van der Waals surface area contributed by atoms with Gasteiger partial charge in [0, 0.05) is 15.4 Å². The molecule has 0 aliphatic rings. The van der Waals surface area contributed by atoms with Crippen molar-refractivity contribution in [2.24, 2.45) is 0 Å². The first-order chi connectivity index (χ1) is 13.3. The van der Waals surface area contributed by atoms with Crippen molar-refractivity contribution >= 4 is 37.5 Å². The number of hydrogen-bond acceptors (Lipinski definition) is 3. The SMILES string of the molecule is O=c1c2scc(-c3ccc(Br)cc3)c2ncn1Cc1cccc(C(F)(F)F)c1. The van der Waals surface area contributed by atoms with Crippen molar-refractivity contribution in [2.75, 3.05) is 0 Å². The Bertz CT molecular complexity index is 1210. The summed E-state index contributed by atoms with van der Waals surface area (Å²) in [6.45, 7) is 0.0250. The van der Waals surface area contributed by atoms with Crippen molar-refractivity contribution in [1.82, 2.24) is 9.55 Å². The van der Waals surface area contributed by atoms with E-state index in [0.29, 0.717) is 15.8 Å². The van der Waals surface area contributed by atoms with Crippen LogP contribution in [0.15, 0.2) is 69.5 Å². The third-order valence-electron chi connectivity index (χ3n) is 4.31. The van der Waals surface area contributed by atoms with Crippen LogP contribution in [0.1, 0.15) is 11.1 Å². The summed E-state index contributed by atoms with van der Waals surface area (Å²) in [6.07, 6.45) is -3.03. The highest BCUT2D eigenvalue weighted by molar-refractivity contribution is 9.10. The molecule has 0 saturated heterocycles.